The summed E-state index contributed by atoms with van der Waals surface area (Å²) in [6.07, 6.45) is 2.57. The molecule has 2 rings (SSSR count). The molecule has 0 atom stereocenters. The zero-order chi connectivity index (χ0) is 20.5. The van der Waals surface area contributed by atoms with Crippen molar-refractivity contribution in [2.45, 2.75) is 12.8 Å². The summed E-state index contributed by atoms with van der Waals surface area (Å²) in [5, 5.41) is 19.1. The van der Waals surface area contributed by atoms with E-state index in [9.17, 15) is 29.4 Å². The second-order valence-corrected chi connectivity index (χ2v) is 5.66. The van der Waals surface area contributed by atoms with Gasteiger partial charge in [-0.1, -0.05) is 24.3 Å². The van der Waals surface area contributed by atoms with Crippen molar-refractivity contribution in [1.29, 1.82) is 0 Å². The molecule has 2 N–H and O–H groups in total. The lowest BCUT2D eigenvalue weighted by Crippen LogP contribution is -2.15. The fourth-order valence-corrected chi connectivity index (χ4v) is 2.51. The minimum atomic E-state index is -1.34. The van der Waals surface area contributed by atoms with E-state index in [0.717, 1.165) is 0 Å². The SMILES string of the molecule is O=C=Nc1ccc(C/C(C(=O)O)=C(\Cc2ccc(N=C=O)cc2)C(=O)O)cc1. The molecule has 8 nitrogen and oxygen atoms in total. The second-order valence-electron chi connectivity index (χ2n) is 5.66. The van der Waals surface area contributed by atoms with Crippen LogP contribution in [-0.4, -0.2) is 34.3 Å². The van der Waals surface area contributed by atoms with Crippen LogP contribution in [0, 0.1) is 0 Å². The minimum Gasteiger partial charge on any atom is -0.478 e. The van der Waals surface area contributed by atoms with Gasteiger partial charge >= 0.3 is 11.9 Å². The van der Waals surface area contributed by atoms with Crippen LogP contribution in [-0.2, 0) is 32.0 Å². The van der Waals surface area contributed by atoms with Gasteiger partial charge in [0.05, 0.1) is 22.5 Å². The van der Waals surface area contributed by atoms with Crippen molar-refractivity contribution < 1.29 is 29.4 Å². The third-order valence-corrected chi connectivity index (χ3v) is 3.86. The molecule has 0 unspecified atom stereocenters. The number of aliphatic imine (C=N–C) groups is 2. The first-order valence-corrected chi connectivity index (χ1v) is 7.97. The Balaban J connectivity index is 2.36. The summed E-state index contributed by atoms with van der Waals surface area (Å²) in [6.45, 7) is 0. The van der Waals surface area contributed by atoms with E-state index < -0.39 is 11.9 Å². The second kappa shape index (κ2) is 9.54. The van der Waals surface area contributed by atoms with E-state index in [4.69, 9.17) is 0 Å². The smallest absolute Gasteiger partial charge is 0.332 e. The highest BCUT2D eigenvalue weighted by Gasteiger charge is 2.21. The Morgan fingerprint density at radius 3 is 1.25 bits per heavy atom. The Bertz CT molecular complexity index is 926. The van der Waals surface area contributed by atoms with Crippen molar-refractivity contribution in [3.05, 3.63) is 70.8 Å². The van der Waals surface area contributed by atoms with Gasteiger partial charge in [0.1, 0.15) is 0 Å². The average Bonchev–Trinajstić information content (AvgIpc) is 2.67. The van der Waals surface area contributed by atoms with Gasteiger partial charge < -0.3 is 10.2 Å². The molecule has 0 aliphatic heterocycles. The van der Waals surface area contributed by atoms with Crippen LogP contribution in [0.15, 0.2) is 69.7 Å². The molecule has 0 fully saturated rings. The lowest BCUT2D eigenvalue weighted by atomic mass is 9.95. The molecule has 0 aliphatic rings. The van der Waals surface area contributed by atoms with Crippen LogP contribution in [0.1, 0.15) is 11.1 Å². The summed E-state index contributed by atoms with van der Waals surface area (Å²) in [5.74, 6) is -2.68. The number of benzene rings is 2. The number of rotatable bonds is 8. The molecule has 0 aliphatic carbocycles. The number of hydrogen-bond donors (Lipinski definition) is 2. The van der Waals surface area contributed by atoms with Crippen LogP contribution in [0.25, 0.3) is 0 Å². The van der Waals surface area contributed by atoms with Gasteiger partial charge in [0.2, 0.25) is 12.2 Å². The highest BCUT2D eigenvalue weighted by Crippen LogP contribution is 2.21. The van der Waals surface area contributed by atoms with Gasteiger partial charge in [-0.05, 0) is 35.4 Å². The summed E-state index contributed by atoms with van der Waals surface area (Å²) in [6, 6.07) is 12.3. The molecule has 0 heterocycles. The molecular formula is C20H14N2O6. The minimum absolute atomic E-state index is 0.116. The van der Waals surface area contributed by atoms with Crippen LogP contribution in [0.4, 0.5) is 11.4 Å². The van der Waals surface area contributed by atoms with Crippen molar-refractivity contribution in [2.75, 3.05) is 0 Å². The first-order chi connectivity index (χ1) is 13.4. The number of nitrogens with zero attached hydrogens (tertiary/aromatic N) is 2. The van der Waals surface area contributed by atoms with E-state index in [1.165, 1.54) is 36.4 Å². The number of carbonyl (C=O) groups is 2. The number of carbonyl (C=O) groups excluding carboxylic acids is 2. The standard InChI is InChI=1S/C20H14N2O6/c23-11-21-15-5-1-13(2-6-15)9-17(19(25)26)18(20(27)28)10-14-3-7-16(8-4-14)22-12-24/h1-8H,9-10H2,(H,25,26)(H,27,28)/b18-17-. The van der Waals surface area contributed by atoms with Crippen LogP contribution in [0.3, 0.4) is 0 Å². The maximum Gasteiger partial charge on any atom is 0.332 e. The molecule has 140 valence electrons. The van der Waals surface area contributed by atoms with E-state index in [-0.39, 0.29) is 24.0 Å². The van der Waals surface area contributed by atoms with Crippen LogP contribution < -0.4 is 0 Å². The highest BCUT2D eigenvalue weighted by atomic mass is 16.4. The average molecular weight is 378 g/mol. The quantitative estimate of drug-likeness (QED) is 0.412. The van der Waals surface area contributed by atoms with Gasteiger partial charge in [-0.2, -0.15) is 9.98 Å². The maximum atomic E-state index is 11.7. The van der Waals surface area contributed by atoms with Gasteiger partial charge in [0.25, 0.3) is 0 Å². The first kappa shape index (κ1) is 20.2. The molecule has 0 spiro atoms. The predicted octanol–water partition coefficient (Wildman–Crippen LogP) is 2.87. The maximum absolute atomic E-state index is 11.7. The zero-order valence-electron chi connectivity index (χ0n) is 14.5. The number of carboxylic acids is 2. The fourth-order valence-electron chi connectivity index (χ4n) is 2.51. The van der Waals surface area contributed by atoms with Crippen molar-refractivity contribution in [2.24, 2.45) is 9.98 Å². The Hall–Kier alpha value is -4.12. The number of aliphatic carboxylic acids is 2. The molecule has 2 aromatic carbocycles. The number of isocyanates is 2. The van der Waals surface area contributed by atoms with Gasteiger partial charge in [-0.15, -0.1) is 0 Å². The summed E-state index contributed by atoms with van der Waals surface area (Å²) in [7, 11) is 0. The summed E-state index contributed by atoms with van der Waals surface area (Å²) in [5.41, 5.74) is 1.31. The summed E-state index contributed by atoms with van der Waals surface area (Å²) in [4.78, 5) is 50.8. The Morgan fingerprint density at radius 1 is 0.679 bits per heavy atom. The summed E-state index contributed by atoms with van der Waals surface area (Å²) >= 11 is 0. The van der Waals surface area contributed by atoms with Crippen molar-refractivity contribution in [1.82, 2.24) is 0 Å². The predicted molar refractivity (Wildman–Crippen MR) is 98.2 cm³/mol. The summed E-state index contributed by atoms with van der Waals surface area (Å²) < 4.78 is 0. The number of carboxylic acid groups (broad SMARTS) is 2. The first-order valence-electron chi connectivity index (χ1n) is 7.97. The zero-order valence-corrected chi connectivity index (χ0v) is 14.5. The van der Waals surface area contributed by atoms with Gasteiger partial charge in [0.15, 0.2) is 0 Å². The Kier molecular flexibility index (Phi) is 6.88. The normalized spacial score (nSPS) is 10.9. The third kappa shape index (κ3) is 5.44. The lowest BCUT2D eigenvalue weighted by Gasteiger charge is -2.10. The molecule has 0 amide bonds. The van der Waals surface area contributed by atoms with E-state index in [1.54, 1.807) is 24.3 Å². The molecular weight excluding hydrogens is 364 g/mol. The fraction of sp³-hybridized carbons (Fsp3) is 0.100. The topological polar surface area (TPSA) is 133 Å². The van der Waals surface area contributed by atoms with Gasteiger partial charge in [-0.25, -0.2) is 19.2 Å². The Morgan fingerprint density at radius 2 is 1.00 bits per heavy atom. The van der Waals surface area contributed by atoms with E-state index >= 15 is 0 Å². The van der Waals surface area contributed by atoms with E-state index in [0.29, 0.717) is 22.5 Å². The van der Waals surface area contributed by atoms with Gasteiger partial charge in [-0.3, -0.25) is 0 Å². The van der Waals surface area contributed by atoms with Crippen molar-refractivity contribution in [3.8, 4) is 0 Å². The van der Waals surface area contributed by atoms with E-state index in [1.807, 2.05) is 0 Å². The van der Waals surface area contributed by atoms with E-state index in [2.05, 4.69) is 9.98 Å². The van der Waals surface area contributed by atoms with Crippen LogP contribution >= 0.6 is 0 Å². The Labute approximate surface area is 159 Å². The van der Waals surface area contributed by atoms with Crippen LogP contribution in [0.2, 0.25) is 0 Å². The molecule has 0 saturated carbocycles. The molecule has 0 aromatic heterocycles. The molecule has 0 bridgehead atoms. The monoisotopic (exact) mass is 378 g/mol. The highest BCUT2D eigenvalue weighted by molar-refractivity contribution is 5.99. The third-order valence-electron chi connectivity index (χ3n) is 3.86. The van der Waals surface area contributed by atoms with Gasteiger partial charge in [0, 0.05) is 12.8 Å². The van der Waals surface area contributed by atoms with Crippen molar-refractivity contribution in [3.63, 3.8) is 0 Å². The molecule has 0 saturated heterocycles. The lowest BCUT2D eigenvalue weighted by molar-refractivity contribution is -0.136. The molecule has 2 aromatic rings. The molecule has 0 radical (unpaired) electrons. The molecule has 8 heteroatoms. The van der Waals surface area contributed by atoms with Crippen LogP contribution in [0.5, 0.6) is 0 Å². The van der Waals surface area contributed by atoms with Crippen molar-refractivity contribution >= 4 is 35.5 Å². The number of hydrogen-bond acceptors (Lipinski definition) is 6. The largest absolute Gasteiger partial charge is 0.478 e. The molecule has 28 heavy (non-hydrogen) atoms.